The highest BCUT2D eigenvalue weighted by Gasteiger charge is 2.09. The zero-order chi connectivity index (χ0) is 11.5. The smallest absolute Gasteiger partial charge is 0.183 e. The molecular weight excluding hydrogens is 234 g/mol. The summed E-state index contributed by atoms with van der Waals surface area (Å²) in [5, 5.41) is 3.54. The fraction of sp³-hybridized carbons (Fsp3) is 0.300. The van der Waals surface area contributed by atoms with E-state index >= 15 is 0 Å². The molecule has 0 saturated carbocycles. The van der Waals surface area contributed by atoms with Crippen molar-refractivity contribution < 1.29 is 13.5 Å². The van der Waals surface area contributed by atoms with Crippen LogP contribution in [0, 0.1) is 11.6 Å². The van der Waals surface area contributed by atoms with E-state index in [2.05, 4.69) is 10.3 Å². The number of anilines is 1. The third-order valence-corrected chi connectivity index (χ3v) is 2.96. The number of thiazole rings is 1. The van der Waals surface area contributed by atoms with Crippen LogP contribution < -0.4 is 5.32 Å². The van der Waals surface area contributed by atoms with E-state index < -0.39 is 11.6 Å². The molecule has 0 spiro atoms. The molecule has 0 fully saturated rings. The van der Waals surface area contributed by atoms with Crippen LogP contribution in [0.5, 0.6) is 0 Å². The van der Waals surface area contributed by atoms with Gasteiger partial charge in [-0.3, -0.25) is 0 Å². The molecule has 6 heteroatoms. The van der Waals surface area contributed by atoms with Crippen LogP contribution in [0.2, 0.25) is 0 Å². The third kappa shape index (κ3) is 2.28. The molecule has 0 aliphatic heterocycles. The van der Waals surface area contributed by atoms with Crippen molar-refractivity contribution in [1.29, 1.82) is 0 Å². The van der Waals surface area contributed by atoms with Gasteiger partial charge in [-0.2, -0.15) is 0 Å². The average molecular weight is 244 g/mol. The number of nitrogens with one attached hydrogen (secondary N) is 1. The van der Waals surface area contributed by atoms with Gasteiger partial charge in [0.25, 0.3) is 0 Å². The van der Waals surface area contributed by atoms with Crippen LogP contribution in [0.3, 0.4) is 0 Å². The molecule has 1 aromatic heterocycles. The van der Waals surface area contributed by atoms with Crippen molar-refractivity contribution in [3.05, 3.63) is 23.8 Å². The van der Waals surface area contributed by atoms with Crippen molar-refractivity contribution in [2.75, 3.05) is 25.6 Å². The van der Waals surface area contributed by atoms with Crippen molar-refractivity contribution in [3.8, 4) is 0 Å². The lowest BCUT2D eigenvalue weighted by atomic mass is 10.3. The summed E-state index contributed by atoms with van der Waals surface area (Å²) in [6.45, 7) is 1.12. The highest BCUT2D eigenvalue weighted by molar-refractivity contribution is 7.22. The lowest BCUT2D eigenvalue weighted by molar-refractivity contribution is 0.211. The van der Waals surface area contributed by atoms with E-state index in [4.69, 9.17) is 4.74 Å². The Morgan fingerprint density at radius 2 is 2.25 bits per heavy atom. The fourth-order valence-electron chi connectivity index (χ4n) is 1.29. The molecule has 1 heterocycles. The number of hydrogen-bond donors (Lipinski definition) is 1. The fourth-order valence-corrected chi connectivity index (χ4v) is 2.22. The number of aromatic nitrogens is 1. The van der Waals surface area contributed by atoms with Gasteiger partial charge in [-0.25, -0.2) is 13.8 Å². The van der Waals surface area contributed by atoms with Crippen molar-refractivity contribution in [1.82, 2.24) is 4.98 Å². The molecule has 0 atom stereocenters. The lowest BCUT2D eigenvalue weighted by Gasteiger charge is -1.99. The molecule has 1 aromatic carbocycles. The van der Waals surface area contributed by atoms with Crippen LogP contribution in [-0.2, 0) is 4.74 Å². The van der Waals surface area contributed by atoms with Gasteiger partial charge in [-0.05, 0) is 6.07 Å². The first-order valence-corrected chi connectivity index (χ1v) is 5.51. The Morgan fingerprint density at radius 3 is 3.00 bits per heavy atom. The zero-order valence-electron chi connectivity index (χ0n) is 8.59. The number of nitrogens with zero attached hydrogens (tertiary/aromatic N) is 1. The molecular formula is C10H10F2N2OS. The predicted octanol–water partition coefficient (Wildman–Crippen LogP) is 2.63. The van der Waals surface area contributed by atoms with E-state index in [-0.39, 0.29) is 5.52 Å². The van der Waals surface area contributed by atoms with Gasteiger partial charge in [0.05, 0.1) is 11.3 Å². The summed E-state index contributed by atoms with van der Waals surface area (Å²) in [5.41, 5.74) is 0.200. The van der Waals surface area contributed by atoms with Gasteiger partial charge in [-0.1, -0.05) is 11.3 Å². The van der Waals surface area contributed by atoms with Gasteiger partial charge < -0.3 is 10.1 Å². The molecule has 0 saturated heterocycles. The molecule has 3 nitrogen and oxygen atoms in total. The van der Waals surface area contributed by atoms with Crippen LogP contribution in [-0.4, -0.2) is 25.2 Å². The maximum absolute atomic E-state index is 13.3. The highest BCUT2D eigenvalue weighted by Crippen LogP contribution is 2.28. The number of hydrogen-bond acceptors (Lipinski definition) is 4. The largest absolute Gasteiger partial charge is 0.383 e. The Hall–Kier alpha value is -1.27. The summed E-state index contributed by atoms with van der Waals surface area (Å²) in [6.07, 6.45) is 0. The van der Waals surface area contributed by atoms with Gasteiger partial charge in [-0.15, -0.1) is 0 Å². The zero-order valence-corrected chi connectivity index (χ0v) is 9.41. The molecule has 86 valence electrons. The quantitative estimate of drug-likeness (QED) is 0.839. The van der Waals surface area contributed by atoms with Gasteiger partial charge in [0.1, 0.15) is 11.3 Å². The monoisotopic (exact) mass is 244 g/mol. The number of fused-ring (bicyclic) bond motifs is 1. The second-order valence-corrected chi connectivity index (χ2v) is 4.20. The lowest BCUT2D eigenvalue weighted by Crippen LogP contribution is -2.06. The molecule has 16 heavy (non-hydrogen) atoms. The highest BCUT2D eigenvalue weighted by atomic mass is 32.1. The molecule has 0 radical (unpaired) electrons. The summed E-state index contributed by atoms with van der Waals surface area (Å²) >= 11 is 1.22. The van der Waals surface area contributed by atoms with Gasteiger partial charge >= 0.3 is 0 Å². The molecule has 2 rings (SSSR count). The van der Waals surface area contributed by atoms with Crippen LogP contribution >= 0.6 is 11.3 Å². The van der Waals surface area contributed by atoms with Crippen molar-refractivity contribution in [2.45, 2.75) is 0 Å². The van der Waals surface area contributed by atoms with Crippen LogP contribution in [0.4, 0.5) is 13.9 Å². The average Bonchev–Trinajstić information content (AvgIpc) is 2.61. The topological polar surface area (TPSA) is 34.1 Å². The van der Waals surface area contributed by atoms with Crippen molar-refractivity contribution in [3.63, 3.8) is 0 Å². The minimum Gasteiger partial charge on any atom is -0.383 e. The first kappa shape index (κ1) is 11.2. The summed E-state index contributed by atoms with van der Waals surface area (Å²) in [7, 11) is 1.59. The van der Waals surface area contributed by atoms with Crippen LogP contribution in [0.1, 0.15) is 0 Å². The first-order valence-electron chi connectivity index (χ1n) is 4.69. The minimum atomic E-state index is -0.633. The summed E-state index contributed by atoms with van der Waals surface area (Å²) in [4.78, 5) is 4.04. The van der Waals surface area contributed by atoms with E-state index in [1.165, 1.54) is 17.4 Å². The molecule has 0 amide bonds. The summed E-state index contributed by atoms with van der Waals surface area (Å²) < 4.78 is 31.6. The molecule has 1 N–H and O–H groups in total. The number of halogens is 2. The Bertz CT molecular complexity index is 501. The predicted molar refractivity (Wildman–Crippen MR) is 59.9 cm³/mol. The first-order chi connectivity index (χ1) is 7.70. The molecule has 0 unspecified atom stereocenters. The summed E-state index contributed by atoms with van der Waals surface area (Å²) in [5.74, 6) is -1.22. The van der Waals surface area contributed by atoms with Crippen LogP contribution in [0.15, 0.2) is 12.1 Å². The SMILES string of the molecule is COCCNc1nc2c(F)cc(F)cc2s1. The standard InChI is InChI=1S/C10H10F2N2OS/c1-15-3-2-13-10-14-9-7(12)4-6(11)5-8(9)16-10/h4-5H,2-3H2,1H3,(H,13,14). The maximum atomic E-state index is 13.3. The maximum Gasteiger partial charge on any atom is 0.183 e. The third-order valence-electron chi connectivity index (χ3n) is 2.00. The van der Waals surface area contributed by atoms with E-state index in [9.17, 15) is 8.78 Å². The second kappa shape index (κ2) is 4.71. The molecule has 0 aliphatic carbocycles. The second-order valence-electron chi connectivity index (χ2n) is 3.17. The summed E-state index contributed by atoms with van der Waals surface area (Å²) in [6, 6.07) is 2.11. The van der Waals surface area contributed by atoms with E-state index in [0.29, 0.717) is 23.0 Å². The number of methoxy groups -OCH3 is 1. The normalized spacial score (nSPS) is 10.9. The Balaban J connectivity index is 2.26. The Kier molecular flexibility index (Phi) is 3.31. The van der Waals surface area contributed by atoms with E-state index in [1.807, 2.05) is 0 Å². The van der Waals surface area contributed by atoms with E-state index in [1.54, 1.807) is 7.11 Å². The molecule has 0 aliphatic rings. The van der Waals surface area contributed by atoms with Gasteiger partial charge in [0.2, 0.25) is 0 Å². The Morgan fingerprint density at radius 1 is 1.44 bits per heavy atom. The molecule has 2 aromatic rings. The number of rotatable bonds is 4. The number of benzene rings is 1. The minimum absolute atomic E-state index is 0.200. The van der Waals surface area contributed by atoms with Gasteiger partial charge in [0.15, 0.2) is 10.9 Å². The van der Waals surface area contributed by atoms with Crippen LogP contribution in [0.25, 0.3) is 10.2 Å². The van der Waals surface area contributed by atoms with Gasteiger partial charge in [0, 0.05) is 19.7 Å². The van der Waals surface area contributed by atoms with E-state index in [0.717, 1.165) is 6.07 Å². The molecule has 0 bridgehead atoms. The Labute approximate surface area is 95.1 Å². The number of ether oxygens (including phenoxy) is 1. The van der Waals surface area contributed by atoms with Crippen molar-refractivity contribution >= 4 is 26.7 Å². The van der Waals surface area contributed by atoms with Crippen molar-refractivity contribution in [2.24, 2.45) is 0 Å².